The highest BCUT2D eigenvalue weighted by Crippen LogP contribution is 2.40. The molecule has 1 aliphatic rings. The lowest BCUT2D eigenvalue weighted by Gasteiger charge is -2.18. The first-order valence-electron chi connectivity index (χ1n) is 8.21. The number of thiophene rings is 1. The number of fused-ring (bicyclic) bond motifs is 3. The monoisotopic (exact) mass is 374 g/mol. The van der Waals surface area contributed by atoms with E-state index in [4.69, 9.17) is 4.52 Å². The summed E-state index contributed by atoms with van der Waals surface area (Å²) >= 11 is 3.22. The van der Waals surface area contributed by atoms with Crippen LogP contribution in [0, 0.1) is 12.8 Å². The molecule has 3 heterocycles. The summed E-state index contributed by atoms with van der Waals surface area (Å²) in [7, 11) is 0. The fraction of sp³-hybridized carbons (Fsp3) is 0.412. The molecule has 0 unspecified atom stereocenters. The van der Waals surface area contributed by atoms with Gasteiger partial charge in [0.2, 0.25) is 5.91 Å². The quantitative estimate of drug-likeness (QED) is 0.552. The first-order chi connectivity index (χ1) is 12.1. The van der Waals surface area contributed by atoms with Crippen LogP contribution in [0.4, 0.5) is 5.82 Å². The molecule has 0 aromatic carbocycles. The summed E-state index contributed by atoms with van der Waals surface area (Å²) in [6.07, 6.45) is 4.98. The molecule has 3 aromatic rings. The van der Waals surface area contributed by atoms with Crippen LogP contribution in [0.3, 0.4) is 0 Å². The van der Waals surface area contributed by atoms with Crippen molar-refractivity contribution in [1.29, 1.82) is 0 Å². The topological polar surface area (TPSA) is 80.9 Å². The molecule has 6 nitrogen and oxygen atoms in total. The highest BCUT2D eigenvalue weighted by molar-refractivity contribution is 8.00. The van der Waals surface area contributed by atoms with Crippen molar-refractivity contribution < 1.29 is 9.32 Å². The number of carbonyl (C=O) groups excluding carboxylic acids is 1. The van der Waals surface area contributed by atoms with Crippen LogP contribution < -0.4 is 5.32 Å². The molecule has 0 bridgehead atoms. The van der Waals surface area contributed by atoms with Gasteiger partial charge in [-0.05, 0) is 37.7 Å². The molecule has 3 aromatic heterocycles. The predicted molar refractivity (Wildman–Crippen MR) is 99.2 cm³/mol. The lowest BCUT2D eigenvalue weighted by atomic mass is 9.89. The average Bonchev–Trinajstić information content (AvgIpc) is 3.15. The third-order valence-electron chi connectivity index (χ3n) is 4.29. The number of anilines is 1. The summed E-state index contributed by atoms with van der Waals surface area (Å²) in [5.41, 5.74) is 1.38. The molecule has 0 radical (unpaired) electrons. The van der Waals surface area contributed by atoms with Crippen molar-refractivity contribution in [2.24, 2.45) is 5.92 Å². The molecule has 8 heteroatoms. The average molecular weight is 374 g/mol. The summed E-state index contributed by atoms with van der Waals surface area (Å²) in [6, 6.07) is 1.70. The van der Waals surface area contributed by atoms with Crippen molar-refractivity contribution in [2.75, 3.05) is 11.1 Å². The van der Waals surface area contributed by atoms with Crippen molar-refractivity contribution in [1.82, 2.24) is 15.1 Å². The van der Waals surface area contributed by atoms with E-state index < -0.39 is 0 Å². The van der Waals surface area contributed by atoms with Gasteiger partial charge in [0.25, 0.3) is 0 Å². The van der Waals surface area contributed by atoms with Crippen LogP contribution in [0.1, 0.15) is 29.5 Å². The van der Waals surface area contributed by atoms with E-state index in [2.05, 4.69) is 27.4 Å². The number of carbonyl (C=O) groups is 1. The number of rotatable bonds is 4. The predicted octanol–water partition coefficient (Wildman–Crippen LogP) is 3.84. The van der Waals surface area contributed by atoms with Gasteiger partial charge in [-0.3, -0.25) is 4.79 Å². The fourth-order valence-corrected chi connectivity index (χ4v) is 5.33. The van der Waals surface area contributed by atoms with E-state index in [0.29, 0.717) is 11.6 Å². The van der Waals surface area contributed by atoms with Gasteiger partial charge >= 0.3 is 0 Å². The van der Waals surface area contributed by atoms with Gasteiger partial charge in [0.05, 0.1) is 5.75 Å². The minimum absolute atomic E-state index is 0.122. The van der Waals surface area contributed by atoms with Crippen LogP contribution in [-0.2, 0) is 17.6 Å². The van der Waals surface area contributed by atoms with Crippen molar-refractivity contribution >= 4 is 45.0 Å². The Bertz CT molecular complexity index is 934. The van der Waals surface area contributed by atoms with E-state index in [1.807, 2.05) is 0 Å². The zero-order valence-electron chi connectivity index (χ0n) is 14.0. The van der Waals surface area contributed by atoms with E-state index in [0.717, 1.165) is 34.0 Å². The number of amides is 1. The summed E-state index contributed by atoms with van der Waals surface area (Å²) in [4.78, 5) is 23.5. The fourth-order valence-electron chi connectivity index (χ4n) is 3.09. The highest BCUT2D eigenvalue weighted by atomic mass is 32.2. The Morgan fingerprint density at radius 2 is 2.36 bits per heavy atom. The summed E-state index contributed by atoms with van der Waals surface area (Å²) in [5, 5.41) is 8.55. The largest absolute Gasteiger partial charge is 0.360 e. The van der Waals surface area contributed by atoms with Crippen LogP contribution in [-0.4, -0.2) is 26.8 Å². The van der Waals surface area contributed by atoms with Crippen LogP contribution in [0.2, 0.25) is 0 Å². The maximum absolute atomic E-state index is 12.1. The van der Waals surface area contributed by atoms with Crippen molar-refractivity contribution in [3.8, 4) is 0 Å². The number of aryl methyl sites for hydroxylation is 2. The second-order valence-corrected chi connectivity index (χ2v) is 8.42. The second-order valence-electron chi connectivity index (χ2n) is 6.37. The van der Waals surface area contributed by atoms with Crippen LogP contribution in [0.25, 0.3) is 10.2 Å². The Morgan fingerprint density at radius 1 is 1.48 bits per heavy atom. The summed E-state index contributed by atoms with van der Waals surface area (Å²) in [5.74, 6) is 1.99. The molecule has 25 heavy (non-hydrogen) atoms. The van der Waals surface area contributed by atoms with Crippen molar-refractivity contribution in [3.05, 3.63) is 28.6 Å². The zero-order valence-corrected chi connectivity index (χ0v) is 15.7. The molecule has 0 aliphatic heterocycles. The number of hydrogen-bond donors (Lipinski definition) is 1. The molecule has 0 spiro atoms. The van der Waals surface area contributed by atoms with Gasteiger partial charge in [0.1, 0.15) is 21.9 Å². The van der Waals surface area contributed by atoms with Crippen molar-refractivity contribution in [3.63, 3.8) is 0 Å². The van der Waals surface area contributed by atoms with Gasteiger partial charge in [-0.1, -0.05) is 23.8 Å². The number of nitrogens with one attached hydrogen (secondary N) is 1. The molecule has 130 valence electrons. The molecule has 0 saturated carbocycles. The summed E-state index contributed by atoms with van der Waals surface area (Å²) in [6.45, 7) is 4.08. The Labute approximate surface area is 153 Å². The van der Waals surface area contributed by atoms with E-state index in [9.17, 15) is 4.79 Å². The van der Waals surface area contributed by atoms with Gasteiger partial charge in [0, 0.05) is 16.3 Å². The Kier molecular flexibility index (Phi) is 4.47. The molecule has 1 atom stereocenters. The third-order valence-corrected chi connectivity index (χ3v) is 6.44. The smallest absolute Gasteiger partial charge is 0.236 e. The zero-order chi connectivity index (χ0) is 17.4. The van der Waals surface area contributed by atoms with E-state index in [1.165, 1.54) is 28.6 Å². The summed E-state index contributed by atoms with van der Waals surface area (Å²) < 4.78 is 4.96. The number of hydrogen-bond acceptors (Lipinski definition) is 7. The minimum Gasteiger partial charge on any atom is -0.360 e. The van der Waals surface area contributed by atoms with Gasteiger partial charge < -0.3 is 9.84 Å². The maximum atomic E-state index is 12.1. The highest BCUT2D eigenvalue weighted by Gasteiger charge is 2.23. The Hall–Kier alpha value is -1.93. The van der Waals surface area contributed by atoms with Crippen LogP contribution in [0.5, 0.6) is 0 Å². The standard InChI is InChI=1S/C17H18N4O2S2/c1-9-3-4-11-12(5-9)25-17-15(11)16(18-8-19-17)24-7-14(22)20-13-6-10(2)23-21-13/h6,8-9H,3-5,7H2,1-2H3,(H,20,21,22)/t9-/m0/s1. The first-order valence-corrected chi connectivity index (χ1v) is 10.0. The molecular formula is C17H18N4O2S2. The molecule has 1 aliphatic carbocycles. The van der Waals surface area contributed by atoms with Gasteiger partial charge in [-0.25, -0.2) is 9.97 Å². The van der Waals surface area contributed by atoms with E-state index in [-0.39, 0.29) is 11.7 Å². The lowest BCUT2D eigenvalue weighted by molar-refractivity contribution is -0.113. The Balaban J connectivity index is 1.52. The number of nitrogens with zero attached hydrogens (tertiary/aromatic N) is 3. The number of aromatic nitrogens is 3. The van der Waals surface area contributed by atoms with Crippen molar-refractivity contribution in [2.45, 2.75) is 38.1 Å². The molecule has 0 saturated heterocycles. The molecule has 1 N–H and O–H groups in total. The number of thioether (sulfide) groups is 1. The molecular weight excluding hydrogens is 356 g/mol. The van der Waals surface area contributed by atoms with Crippen LogP contribution in [0.15, 0.2) is 21.9 Å². The van der Waals surface area contributed by atoms with E-state index >= 15 is 0 Å². The third kappa shape index (κ3) is 3.41. The first kappa shape index (κ1) is 16.5. The van der Waals surface area contributed by atoms with Crippen LogP contribution >= 0.6 is 23.1 Å². The van der Waals surface area contributed by atoms with Gasteiger partial charge in [-0.2, -0.15) is 0 Å². The second kappa shape index (κ2) is 6.76. The van der Waals surface area contributed by atoms with E-state index in [1.54, 1.807) is 30.7 Å². The Morgan fingerprint density at radius 3 is 3.16 bits per heavy atom. The van der Waals surface area contributed by atoms with Gasteiger partial charge in [0.15, 0.2) is 5.82 Å². The molecule has 1 amide bonds. The maximum Gasteiger partial charge on any atom is 0.236 e. The SMILES string of the molecule is Cc1cc(NC(=O)CSc2ncnc3sc4c(c23)CC[C@H](C)C4)no1. The normalized spacial score (nSPS) is 16.8. The minimum atomic E-state index is -0.122. The lowest BCUT2D eigenvalue weighted by Crippen LogP contribution is -2.14. The van der Waals surface area contributed by atoms with Gasteiger partial charge in [-0.15, -0.1) is 11.3 Å². The molecule has 4 rings (SSSR count). The molecule has 0 fully saturated rings.